The lowest BCUT2D eigenvalue weighted by Crippen LogP contribution is -2.05. The van der Waals surface area contributed by atoms with E-state index in [9.17, 15) is 23.3 Å². The second-order valence-electron chi connectivity index (χ2n) is 3.79. The number of rotatable bonds is 3. The number of nitrogen functional groups attached to an aromatic ring is 1. The molecule has 2 aromatic rings. The average molecular weight is 300 g/mol. The number of nitro groups is 1. The number of nitrogens with zero attached hydrogens (tertiary/aromatic N) is 3. The molecule has 0 spiro atoms. The van der Waals surface area contributed by atoms with E-state index < -0.39 is 34.0 Å². The molecule has 110 valence electrons. The van der Waals surface area contributed by atoms with E-state index in [2.05, 4.69) is 9.97 Å². The molecule has 0 atom stereocenters. The summed E-state index contributed by atoms with van der Waals surface area (Å²) in [6, 6.07) is 3.60. The molecule has 0 amide bonds. The van der Waals surface area contributed by atoms with Gasteiger partial charge in [0, 0.05) is 0 Å². The fraction of sp³-hybridized carbons (Fsp3) is 0.0909. The van der Waals surface area contributed by atoms with Crippen LogP contribution in [0.3, 0.4) is 0 Å². The second-order valence-corrected chi connectivity index (χ2v) is 3.79. The third kappa shape index (κ3) is 3.16. The number of alkyl halides is 3. The van der Waals surface area contributed by atoms with E-state index in [0.717, 1.165) is 30.6 Å². The second kappa shape index (κ2) is 5.23. The van der Waals surface area contributed by atoms with Gasteiger partial charge in [-0.3, -0.25) is 10.1 Å². The Morgan fingerprint density at radius 1 is 1.19 bits per heavy atom. The summed E-state index contributed by atoms with van der Waals surface area (Å²) in [5, 5.41) is 10.8. The number of anilines is 1. The molecule has 0 saturated heterocycles. The monoisotopic (exact) mass is 300 g/mol. The summed E-state index contributed by atoms with van der Waals surface area (Å²) in [4.78, 5) is 17.0. The SMILES string of the molecule is Nc1ncnc(Oc2ccc(C(F)(F)F)cc2)c1[N+](=O)[O-]. The molecule has 0 bridgehead atoms. The van der Waals surface area contributed by atoms with Crippen LogP contribution in [0.15, 0.2) is 30.6 Å². The van der Waals surface area contributed by atoms with E-state index >= 15 is 0 Å². The van der Waals surface area contributed by atoms with Gasteiger partial charge in [0.2, 0.25) is 5.82 Å². The number of aromatic nitrogens is 2. The zero-order valence-corrected chi connectivity index (χ0v) is 10.2. The molecule has 0 aliphatic carbocycles. The maximum Gasteiger partial charge on any atom is 0.416 e. The molecule has 1 aromatic heterocycles. The minimum Gasteiger partial charge on any atom is -0.434 e. The minimum atomic E-state index is -4.48. The van der Waals surface area contributed by atoms with E-state index in [1.165, 1.54) is 0 Å². The zero-order chi connectivity index (χ0) is 15.6. The predicted molar refractivity (Wildman–Crippen MR) is 64.6 cm³/mol. The zero-order valence-electron chi connectivity index (χ0n) is 10.2. The lowest BCUT2D eigenvalue weighted by Gasteiger charge is -2.08. The summed E-state index contributed by atoms with van der Waals surface area (Å²) >= 11 is 0. The highest BCUT2D eigenvalue weighted by atomic mass is 19.4. The molecule has 0 unspecified atom stereocenters. The van der Waals surface area contributed by atoms with Gasteiger partial charge in [0.05, 0.1) is 10.5 Å². The van der Waals surface area contributed by atoms with Crippen LogP contribution in [-0.2, 0) is 6.18 Å². The molecule has 0 aliphatic rings. The van der Waals surface area contributed by atoms with Crippen LogP contribution in [0.4, 0.5) is 24.7 Å². The number of nitrogens with two attached hydrogens (primary N) is 1. The van der Waals surface area contributed by atoms with Gasteiger partial charge in [0.1, 0.15) is 12.1 Å². The van der Waals surface area contributed by atoms with Gasteiger partial charge in [-0.05, 0) is 24.3 Å². The molecule has 21 heavy (non-hydrogen) atoms. The van der Waals surface area contributed by atoms with Gasteiger partial charge in [0.25, 0.3) is 0 Å². The molecule has 7 nitrogen and oxygen atoms in total. The van der Waals surface area contributed by atoms with Crippen molar-refractivity contribution in [2.75, 3.05) is 5.73 Å². The van der Waals surface area contributed by atoms with Crippen molar-refractivity contribution in [3.63, 3.8) is 0 Å². The summed E-state index contributed by atoms with van der Waals surface area (Å²) in [5.41, 5.74) is 3.81. The fourth-order valence-electron chi connectivity index (χ4n) is 1.45. The molecular weight excluding hydrogens is 293 g/mol. The van der Waals surface area contributed by atoms with Crippen LogP contribution < -0.4 is 10.5 Å². The van der Waals surface area contributed by atoms with Crippen molar-refractivity contribution in [3.05, 3.63) is 46.3 Å². The highest BCUT2D eigenvalue weighted by molar-refractivity contribution is 5.58. The fourth-order valence-corrected chi connectivity index (χ4v) is 1.45. The Morgan fingerprint density at radius 2 is 1.81 bits per heavy atom. The summed E-state index contributed by atoms with van der Waals surface area (Å²) in [5.74, 6) is -0.909. The molecule has 1 aromatic carbocycles. The van der Waals surface area contributed by atoms with Gasteiger partial charge >= 0.3 is 17.7 Å². The van der Waals surface area contributed by atoms with Crippen molar-refractivity contribution in [3.8, 4) is 11.6 Å². The minimum absolute atomic E-state index is 0.0517. The number of hydrogen-bond acceptors (Lipinski definition) is 6. The van der Waals surface area contributed by atoms with E-state index in [1.54, 1.807) is 0 Å². The first kappa shape index (κ1) is 14.5. The number of benzene rings is 1. The van der Waals surface area contributed by atoms with E-state index in [0.29, 0.717) is 0 Å². The van der Waals surface area contributed by atoms with Gasteiger partial charge in [-0.2, -0.15) is 18.2 Å². The van der Waals surface area contributed by atoms with Crippen LogP contribution in [0.25, 0.3) is 0 Å². The summed E-state index contributed by atoms with van der Waals surface area (Å²) < 4.78 is 42.3. The summed E-state index contributed by atoms with van der Waals surface area (Å²) in [6.45, 7) is 0. The highest BCUT2D eigenvalue weighted by Crippen LogP contribution is 2.34. The molecule has 0 radical (unpaired) electrons. The summed E-state index contributed by atoms with van der Waals surface area (Å²) in [6.07, 6.45) is -3.54. The molecule has 2 rings (SSSR count). The molecule has 1 heterocycles. The Bertz CT molecular complexity index is 673. The number of hydrogen-bond donors (Lipinski definition) is 1. The highest BCUT2D eigenvalue weighted by Gasteiger charge is 2.30. The van der Waals surface area contributed by atoms with Gasteiger partial charge in [-0.1, -0.05) is 0 Å². The molecule has 2 N–H and O–H groups in total. The maximum atomic E-state index is 12.4. The van der Waals surface area contributed by atoms with Gasteiger partial charge < -0.3 is 10.5 Å². The summed E-state index contributed by atoms with van der Waals surface area (Å²) in [7, 11) is 0. The lowest BCUT2D eigenvalue weighted by molar-refractivity contribution is -0.385. The van der Waals surface area contributed by atoms with Crippen molar-refractivity contribution in [2.24, 2.45) is 0 Å². The van der Waals surface area contributed by atoms with Crippen LogP contribution in [0, 0.1) is 10.1 Å². The van der Waals surface area contributed by atoms with E-state index in [1.807, 2.05) is 0 Å². The van der Waals surface area contributed by atoms with Crippen molar-refractivity contribution in [1.29, 1.82) is 0 Å². The van der Waals surface area contributed by atoms with Crippen molar-refractivity contribution < 1.29 is 22.8 Å². The lowest BCUT2D eigenvalue weighted by atomic mass is 10.2. The quantitative estimate of drug-likeness (QED) is 0.690. The Labute approximate surface area is 115 Å². The molecule has 0 aliphatic heterocycles. The van der Waals surface area contributed by atoms with Crippen molar-refractivity contribution in [2.45, 2.75) is 6.18 Å². The third-order valence-electron chi connectivity index (χ3n) is 2.40. The van der Waals surface area contributed by atoms with Crippen molar-refractivity contribution in [1.82, 2.24) is 9.97 Å². The topological polar surface area (TPSA) is 104 Å². The largest absolute Gasteiger partial charge is 0.434 e. The first-order chi connectivity index (χ1) is 9.79. The van der Waals surface area contributed by atoms with E-state index in [-0.39, 0.29) is 5.75 Å². The van der Waals surface area contributed by atoms with Crippen molar-refractivity contribution >= 4 is 11.5 Å². The van der Waals surface area contributed by atoms with Gasteiger partial charge in [-0.15, -0.1) is 0 Å². The molecule has 0 saturated carbocycles. The van der Waals surface area contributed by atoms with Gasteiger partial charge in [-0.25, -0.2) is 4.98 Å². The standard InChI is InChI=1S/C11H7F3N4O3/c12-11(13,14)6-1-3-7(4-2-6)21-10-8(18(19)20)9(15)16-5-17-10/h1-5H,(H2,15,16,17). The Hall–Kier alpha value is -2.91. The van der Waals surface area contributed by atoms with E-state index in [4.69, 9.17) is 10.5 Å². The predicted octanol–water partition coefficient (Wildman–Crippen LogP) is 2.78. The molecule has 0 fully saturated rings. The normalized spacial score (nSPS) is 11.2. The first-order valence-electron chi connectivity index (χ1n) is 5.39. The molecular formula is C11H7F3N4O3. The Morgan fingerprint density at radius 3 is 2.33 bits per heavy atom. The maximum absolute atomic E-state index is 12.4. The average Bonchev–Trinajstić information content (AvgIpc) is 2.38. The van der Waals surface area contributed by atoms with Crippen LogP contribution in [-0.4, -0.2) is 14.9 Å². The molecule has 10 heteroatoms. The smallest absolute Gasteiger partial charge is 0.416 e. The van der Waals surface area contributed by atoms with Crippen LogP contribution in [0.2, 0.25) is 0 Å². The van der Waals surface area contributed by atoms with Crippen LogP contribution >= 0.6 is 0 Å². The first-order valence-corrected chi connectivity index (χ1v) is 5.39. The number of halogens is 3. The number of ether oxygens (including phenoxy) is 1. The van der Waals surface area contributed by atoms with Gasteiger partial charge in [0.15, 0.2) is 0 Å². The Balaban J connectivity index is 2.31. The third-order valence-corrected chi connectivity index (χ3v) is 2.40. The Kier molecular flexibility index (Phi) is 3.61. The van der Waals surface area contributed by atoms with Crippen LogP contribution in [0.1, 0.15) is 5.56 Å². The van der Waals surface area contributed by atoms with Crippen LogP contribution in [0.5, 0.6) is 11.6 Å².